The maximum atomic E-state index is 11.5. The van der Waals surface area contributed by atoms with Gasteiger partial charge in [-0.05, 0) is 47.9 Å². The Morgan fingerprint density at radius 2 is 2.00 bits per heavy atom. The van der Waals surface area contributed by atoms with Gasteiger partial charge in [-0.1, -0.05) is 30.8 Å². The van der Waals surface area contributed by atoms with E-state index >= 15 is 0 Å². The zero-order valence-corrected chi connectivity index (χ0v) is 17.1. The van der Waals surface area contributed by atoms with E-state index in [9.17, 15) is 4.79 Å². The monoisotopic (exact) mass is 412 g/mol. The average Bonchev–Trinajstić information content (AvgIpc) is 3.21. The summed E-state index contributed by atoms with van der Waals surface area (Å²) in [7, 11) is 0. The Morgan fingerprint density at radius 1 is 1.16 bits per heavy atom. The molecule has 0 aliphatic carbocycles. The van der Waals surface area contributed by atoms with Gasteiger partial charge in [0.05, 0.1) is 5.52 Å². The van der Waals surface area contributed by atoms with Crippen LogP contribution in [0.5, 0.6) is 0 Å². The van der Waals surface area contributed by atoms with Crippen molar-refractivity contribution in [2.45, 2.75) is 12.8 Å². The lowest BCUT2D eigenvalue weighted by atomic mass is 9.94. The predicted octanol–water partition coefficient (Wildman–Crippen LogP) is 4.02. The van der Waals surface area contributed by atoms with Crippen LogP contribution in [-0.2, 0) is 4.79 Å². The molecule has 1 aliphatic heterocycles. The number of amides is 1. The molecule has 156 valence electrons. The van der Waals surface area contributed by atoms with Crippen molar-refractivity contribution in [3.63, 3.8) is 0 Å². The Hall–Kier alpha value is -3.87. The maximum Gasteiger partial charge on any atom is 0.220 e. The Labute approximate surface area is 180 Å². The van der Waals surface area contributed by atoms with Gasteiger partial charge in [0.2, 0.25) is 5.91 Å². The molecular weight excluding hydrogens is 388 g/mol. The maximum absolute atomic E-state index is 11.5. The van der Waals surface area contributed by atoms with Gasteiger partial charge in [0.15, 0.2) is 5.82 Å². The molecule has 1 saturated heterocycles. The van der Waals surface area contributed by atoms with Crippen LogP contribution in [0.25, 0.3) is 27.5 Å². The molecule has 4 N–H and O–H groups in total. The summed E-state index contributed by atoms with van der Waals surface area (Å²) < 4.78 is 0. The van der Waals surface area contributed by atoms with Crippen LogP contribution in [0.2, 0.25) is 0 Å². The second kappa shape index (κ2) is 7.75. The van der Waals surface area contributed by atoms with Crippen molar-refractivity contribution in [1.82, 2.24) is 20.1 Å². The second-order valence-corrected chi connectivity index (χ2v) is 7.95. The van der Waals surface area contributed by atoms with Crippen LogP contribution >= 0.6 is 0 Å². The molecule has 2 aromatic heterocycles. The highest BCUT2D eigenvalue weighted by atomic mass is 16.1. The molecule has 31 heavy (non-hydrogen) atoms. The van der Waals surface area contributed by atoms with E-state index in [2.05, 4.69) is 56.2 Å². The molecule has 0 bridgehead atoms. The van der Waals surface area contributed by atoms with Crippen molar-refractivity contribution in [2.75, 3.05) is 18.4 Å². The van der Waals surface area contributed by atoms with Crippen molar-refractivity contribution in [3.8, 4) is 0 Å². The highest BCUT2D eigenvalue weighted by molar-refractivity contribution is 5.96. The van der Waals surface area contributed by atoms with Gasteiger partial charge in [0.25, 0.3) is 0 Å². The van der Waals surface area contributed by atoms with Gasteiger partial charge < -0.3 is 16.0 Å². The van der Waals surface area contributed by atoms with Crippen LogP contribution in [-0.4, -0.2) is 39.1 Å². The number of piperidine rings is 1. The number of aromatic amines is 1. The molecule has 1 amide bonds. The van der Waals surface area contributed by atoms with Crippen LogP contribution in [0.4, 0.5) is 11.5 Å². The molecule has 1 fully saturated rings. The number of anilines is 2. The first kappa shape index (κ1) is 19.1. The van der Waals surface area contributed by atoms with Crippen molar-refractivity contribution in [2.24, 2.45) is 11.7 Å². The number of aromatic nitrogens is 3. The normalized spacial score (nSPS) is 14.8. The van der Waals surface area contributed by atoms with Gasteiger partial charge in [0, 0.05) is 42.2 Å². The molecule has 0 saturated carbocycles. The molecule has 4 aromatic rings. The third-order valence-electron chi connectivity index (χ3n) is 6.05. The number of benzene rings is 2. The fourth-order valence-electron chi connectivity index (χ4n) is 4.29. The smallest absolute Gasteiger partial charge is 0.220 e. The van der Waals surface area contributed by atoms with Crippen LogP contribution in [0.1, 0.15) is 18.4 Å². The van der Waals surface area contributed by atoms with Crippen molar-refractivity contribution >= 4 is 44.9 Å². The molecule has 7 heteroatoms. The molecular formula is C24H24N6O. The molecule has 2 aromatic carbocycles. The quantitative estimate of drug-likeness (QED) is 0.460. The van der Waals surface area contributed by atoms with E-state index in [0.717, 1.165) is 64.7 Å². The average molecular weight is 412 g/mol. The summed E-state index contributed by atoms with van der Waals surface area (Å²) in [4.78, 5) is 18.1. The number of carbonyl (C=O) groups is 1. The summed E-state index contributed by atoms with van der Waals surface area (Å²) in [6.07, 6.45) is 3.31. The highest BCUT2D eigenvalue weighted by Gasteiger charge is 2.24. The van der Waals surface area contributed by atoms with Gasteiger partial charge in [-0.2, -0.15) is 5.10 Å². The minimum absolute atomic E-state index is 0.0298. The highest BCUT2D eigenvalue weighted by Crippen LogP contribution is 2.32. The number of primary amides is 1. The number of nitrogens with zero attached hydrogens (tertiary/aromatic N) is 3. The topological polar surface area (TPSA) is 99.9 Å². The zero-order valence-electron chi connectivity index (χ0n) is 17.1. The van der Waals surface area contributed by atoms with Crippen LogP contribution < -0.4 is 11.1 Å². The number of nitrogens with two attached hydrogens (primary N) is 1. The van der Waals surface area contributed by atoms with Gasteiger partial charge in [-0.3, -0.25) is 14.9 Å². The number of fused-ring (bicyclic) bond motifs is 2. The van der Waals surface area contributed by atoms with E-state index in [1.54, 1.807) is 6.20 Å². The lowest BCUT2D eigenvalue weighted by Crippen LogP contribution is -2.37. The first-order chi connectivity index (χ1) is 15.1. The summed E-state index contributed by atoms with van der Waals surface area (Å²) in [5.74, 6) is 0.473. The first-order valence-electron chi connectivity index (χ1n) is 10.4. The number of likely N-dealkylation sites (tertiary alicyclic amines) is 1. The van der Waals surface area contributed by atoms with Crippen LogP contribution in [0, 0.1) is 5.92 Å². The first-order valence-corrected chi connectivity index (χ1v) is 10.4. The fraction of sp³-hybridized carbons (Fsp3) is 0.208. The lowest BCUT2D eigenvalue weighted by molar-refractivity contribution is -0.122. The Morgan fingerprint density at radius 3 is 2.81 bits per heavy atom. The summed E-state index contributed by atoms with van der Waals surface area (Å²) in [6.45, 7) is 5.94. The molecule has 0 unspecified atom stereocenters. The molecule has 0 radical (unpaired) electrons. The summed E-state index contributed by atoms with van der Waals surface area (Å²) in [5, 5.41) is 13.0. The SMILES string of the molecule is C=C(c1cccc2cc(Nc3n[nH]c4cccnc34)ccc12)N1CCC(C(N)=O)CC1. The molecule has 0 atom stereocenters. The minimum Gasteiger partial charge on any atom is -0.371 e. The van der Waals surface area contributed by atoms with Crippen LogP contribution in [0.3, 0.4) is 0 Å². The summed E-state index contributed by atoms with van der Waals surface area (Å²) >= 11 is 0. The molecule has 5 rings (SSSR count). The molecule has 3 heterocycles. The largest absolute Gasteiger partial charge is 0.371 e. The van der Waals surface area contributed by atoms with Crippen molar-refractivity contribution < 1.29 is 4.79 Å². The Bertz CT molecular complexity index is 1290. The lowest BCUT2D eigenvalue weighted by Gasteiger charge is -2.34. The van der Waals surface area contributed by atoms with E-state index in [1.165, 1.54) is 0 Å². The van der Waals surface area contributed by atoms with E-state index in [0.29, 0.717) is 5.82 Å². The molecule has 1 aliphatic rings. The number of nitrogens with one attached hydrogen (secondary N) is 2. The number of pyridine rings is 1. The number of rotatable bonds is 5. The number of hydrogen-bond donors (Lipinski definition) is 3. The predicted molar refractivity (Wildman–Crippen MR) is 124 cm³/mol. The zero-order chi connectivity index (χ0) is 21.4. The molecule has 7 nitrogen and oxygen atoms in total. The van der Waals surface area contributed by atoms with Crippen molar-refractivity contribution in [1.29, 1.82) is 0 Å². The summed E-state index contributed by atoms with van der Waals surface area (Å²) in [6, 6.07) is 16.3. The van der Waals surface area contributed by atoms with Gasteiger partial charge >= 0.3 is 0 Å². The van der Waals surface area contributed by atoms with Gasteiger partial charge in [-0.15, -0.1) is 0 Å². The van der Waals surface area contributed by atoms with E-state index in [4.69, 9.17) is 5.73 Å². The third kappa shape index (κ3) is 3.59. The Kier molecular flexibility index (Phi) is 4.78. The number of hydrogen-bond acceptors (Lipinski definition) is 5. The van der Waals surface area contributed by atoms with Gasteiger partial charge in [-0.25, -0.2) is 0 Å². The fourth-order valence-corrected chi connectivity index (χ4v) is 4.29. The van der Waals surface area contributed by atoms with E-state index in [1.807, 2.05) is 24.3 Å². The van der Waals surface area contributed by atoms with Gasteiger partial charge in [0.1, 0.15) is 5.52 Å². The summed E-state index contributed by atoms with van der Waals surface area (Å²) in [5.41, 5.74) is 10.2. The molecule has 0 spiro atoms. The van der Waals surface area contributed by atoms with Crippen LogP contribution in [0.15, 0.2) is 61.3 Å². The standard InChI is InChI=1S/C24H24N6O/c1-15(30-12-9-16(10-13-30)23(25)31)19-5-2-4-17-14-18(7-8-20(17)19)27-24-22-21(28-29-24)6-3-11-26-22/h2-8,11,14,16H,1,9-10,12-13H2,(H2,25,31)(H2,27,28,29). The minimum atomic E-state index is -0.199. The second-order valence-electron chi connectivity index (χ2n) is 7.95. The number of carbonyl (C=O) groups excluding carboxylic acids is 1. The van der Waals surface area contributed by atoms with E-state index in [-0.39, 0.29) is 11.8 Å². The van der Waals surface area contributed by atoms with E-state index < -0.39 is 0 Å². The number of H-pyrrole nitrogens is 1. The Balaban J connectivity index is 1.40. The van der Waals surface area contributed by atoms with Crippen molar-refractivity contribution in [3.05, 3.63) is 66.9 Å². The third-order valence-corrected chi connectivity index (χ3v) is 6.05.